The molecule has 1 saturated heterocycles. The molecule has 1 aromatic heterocycles. The summed E-state index contributed by atoms with van der Waals surface area (Å²) in [4.78, 5) is 41.4. The highest BCUT2D eigenvalue weighted by Crippen LogP contribution is 2.71. The average Bonchev–Trinajstić information content (AvgIpc) is 3.56. The fraction of sp³-hybridized carbons (Fsp3) is 0.794. The van der Waals surface area contributed by atoms with Crippen LogP contribution in [0.1, 0.15) is 96.5 Å². The van der Waals surface area contributed by atoms with Gasteiger partial charge in [0.05, 0.1) is 11.9 Å². The molecule has 1 aliphatic heterocycles. The van der Waals surface area contributed by atoms with Crippen molar-refractivity contribution in [2.45, 2.75) is 109 Å². The number of amides is 2. The fourth-order valence-electron chi connectivity index (χ4n) is 10.6. The fourth-order valence-corrected chi connectivity index (χ4v) is 10.6. The van der Waals surface area contributed by atoms with Crippen LogP contribution in [0.25, 0.3) is 0 Å². The standard InChI is InChI=1S/C34H51N3O6/c1-22(38)43-28-20-34(41)27-9-8-24-19-25(36(4)31(40)35-15-18-37-16-5-6-17-37)11-13-32(24,2)26(27)12-14-33(34,3)30(28)23-7-10-29(39)42-21-23/h7,10,21,24-28,30,41H,5-6,8-9,11-20H2,1-4H3,(H,35,40)/t24-,25-,26-,27-,28-,30+,32-,33-,34-/m1/s1. The van der Waals surface area contributed by atoms with Crippen LogP contribution >= 0.6 is 0 Å². The summed E-state index contributed by atoms with van der Waals surface area (Å²) in [7, 11) is 1.96. The zero-order valence-corrected chi connectivity index (χ0v) is 26.5. The molecule has 43 heavy (non-hydrogen) atoms. The van der Waals surface area contributed by atoms with Gasteiger partial charge in [0.1, 0.15) is 6.10 Å². The van der Waals surface area contributed by atoms with Gasteiger partial charge in [-0.1, -0.05) is 13.8 Å². The maximum Gasteiger partial charge on any atom is 0.335 e. The monoisotopic (exact) mass is 597 g/mol. The van der Waals surface area contributed by atoms with Crippen molar-refractivity contribution in [3.05, 3.63) is 34.4 Å². The number of ether oxygens (including phenoxy) is 1. The number of carbonyl (C=O) groups is 2. The highest BCUT2D eigenvalue weighted by Gasteiger charge is 2.70. The Balaban J connectivity index is 1.17. The van der Waals surface area contributed by atoms with Crippen molar-refractivity contribution in [2.24, 2.45) is 28.6 Å². The minimum atomic E-state index is -0.992. The quantitative estimate of drug-likeness (QED) is 0.464. The van der Waals surface area contributed by atoms with Gasteiger partial charge in [-0.3, -0.25) is 4.79 Å². The third-order valence-electron chi connectivity index (χ3n) is 13.0. The maximum atomic E-state index is 13.1. The topological polar surface area (TPSA) is 112 Å². The molecule has 9 atom stereocenters. The summed E-state index contributed by atoms with van der Waals surface area (Å²) in [5.41, 5.74) is -1.01. The molecule has 2 N–H and O–H groups in total. The molecular formula is C34H51N3O6. The molecule has 4 aliphatic carbocycles. The summed E-state index contributed by atoms with van der Waals surface area (Å²) >= 11 is 0. The lowest BCUT2D eigenvalue weighted by molar-refractivity contribution is -0.203. The first-order chi connectivity index (χ1) is 20.5. The first-order valence-corrected chi connectivity index (χ1v) is 16.7. The molecule has 9 heteroatoms. The highest BCUT2D eigenvalue weighted by atomic mass is 16.5. The molecule has 0 spiro atoms. The first-order valence-electron chi connectivity index (χ1n) is 16.7. The Bertz CT molecular complexity index is 1240. The predicted octanol–water partition coefficient (Wildman–Crippen LogP) is 4.53. The van der Waals surface area contributed by atoms with Crippen molar-refractivity contribution in [1.82, 2.24) is 15.1 Å². The van der Waals surface area contributed by atoms with Gasteiger partial charge in [-0.2, -0.15) is 0 Å². The molecule has 0 aromatic carbocycles. The van der Waals surface area contributed by atoms with Gasteiger partial charge in [0, 0.05) is 56.9 Å². The normalized spacial score (nSPS) is 40.7. The van der Waals surface area contributed by atoms with E-state index in [1.54, 1.807) is 6.07 Å². The smallest absolute Gasteiger partial charge is 0.335 e. The molecule has 9 nitrogen and oxygen atoms in total. The molecule has 5 fully saturated rings. The molecule has 0 unspecified atom stereocenters. The number of esters is 1. The Morgan fingerprint density at radius 3 is 2.58 bits per heavy atom. The number of aliphatic hydroxyl groups is 1. The zero-order valence-electron chi connectivity index (χ0n) is 26.5. The van der Waals surface area contributed by atoms with Crippen molar-refractivity contribution >= 4 is 12.0 Å². The van der Waals surface area contributed by atoms with Crippen LogP contribution < -0.4 is 10.9 Å². The Kier molecular flexibility index (Phi) is 8.20. The number of nitrogens with one attached hydrogen (secondary N) is 1. The Morgan fingerprint density at radius 1 is 1.12 bits per heavy atom. The second kappa shape index (κ2) is 11.5. The van der Waals surface area contributed by atoms with E-state index >= 15 is 0 Å². The van der Waals surface area contributed by atoms with Gasteiger partial charge in [0.2, 0.25) is 0 Å². The van der Waals surface area contributed by atoms with Gasteiger partial charge >= 0.3 is 17.6 Å². The number of nitrogens with zero attached hydrogens (tertiary/aromatic N) is 2. The summed E-state index contributed by atoms with van der Waals surface area (Å²) in [6, 6.07) is 3.46. The number of hydrogen-bond acceptors (Lipinski definition) is 7. The van der Waals surface area contributed by atoms with Crippen LogP contribution in [0.2, 0.25) is 0 Å². The van der Waals surface area contributed by atoms with Gasteiger partial charge in [-0.25, -0.2) is 9.59 Å². The van der Waals surface area contributed by atoms with Crippen molar-refractivity contribution in [1.29, 1.82) is 0 Å². The predicted molar refractivity (Wildman–Crippen MR) is 162 cm³/mol. The Hall–Kier alpha value is -2.39. The summed E-state index contributed by atoms with van der Waals surface area (Å²) in [5, 5.41) is 15.9. The van der Waals surface area contributed by atoms with E-state index in [0.29, 0.717) is 24.8 Å². The minimum absolute atomic E-state index is 0.0366. The molecular weight excluding hydrogens is 546 g/mol. The van der Waals surface area contributed by atoms with Crippen molar-refractivity contribution in [3.63, 3.8) is 0 Å². The van der Waals surface area contributed by atoms with E-state index in [9.17, 15) is 19.5 Å². The lowest BCUT2D eigenvalue weighted by Gasteiger charge is -2.63. The summed E-state index contributed by atoms with van der Waals surface area (Å²) in [5.74, 6) is 0.383. The maximum absolute atomic E-state index is 13.1. The van der Waals surface area contributed by atoms with Crippen LogP contribution in [0.5, 0.6) is 0 Å². The van der Waals surface area contributed by atoms with Crippen LogP contribution in [0, 0.1) is 28.6 Å². The lowest BCUT2D eigenvalue weighted by Crippen LogP contribution is -2.62. The average molecular weight is 598 g/mol. The SMILES string of the molecule is CC(=O)O[C@@H]1C[C@@]2(O)[C@@H]3CC[C@@H]4C[C@H](N(C)C(=O)NCCN5CCCC5)CC[C@@]4(C)[C@@H]3CC[C@]2(C)[C@H]1c1ccc(=O)oc1. The molecule has 6 rings (SSSR count). The molecule has 0 radical (unpaired) electrons. The van der Waals surface area contributed by atoms with E-state index in [-0.39, 0.29) is 35.3 Å². The largest absolute Gasteiger partial charge is 0.462 e. The number of carbonyl (C=O) groups excluding carboxylic acids is 2. The second-order valence-corrected chi connectivity index (χ2v) is 14.9. The molecule has 4 saturated carbocycles. The van der Waals surface area contributed by atoms with Crippen LogP contribution in [-0.2, 0) is 9.53 Å². The van der Waals surface area contributed by atoms with Crippen LogP contribution in [0.15, 0.2) is 27.6 Å². The number of rotatable bonds is 6. The number of fused-ring (bicyclic) bond motifs is 5. The number of urea groups is 1. The van der Waals surface area contributed by atoms with E-state index in [0.717, 1.165) is 70.1 Å². The zero-order chi connectivity index (χ0) is 30.6. The highest BCUT2D eigenvalue weighted by molar-refractivity contribution is 5.74. The van der Waals surface area contributed by atoms with Crippen LogP contribution in [0.4, 0.5) is 4.79 Å². The van der Waals surface area contributed by atoms with E-state index in [4.69, 9.17) is 9.15 Å². The van der Waals surface area contributed by atoms with Crippen molar-refractivity contribution < 1.29 is 23.8 Å². The molecule has 0 bridgehead atoms. The Labute approximate surface area is 255 Å². The molecule has 2 amide bonds. The van der Waals surface area contributed by atoms with Gasteiger partial charge in [-0.15, -0.1) is 0 Å². The lowest BCUT2D eigenvalue weighted by atomic mass is 9.43. The second-order valence-electron chi connectivity index (χ2n) is 14.9. The minimum Gasteiger partial charge on any atom is -0.462 e. The van der Waals surface area contributed by atoms with Gasteiger partial charge in [0.15, 0.2) is 0 Å². The first kappa shape index (κ1) is 30.6. The van der Waals surface area contributed by atoms with Crippen LogP contribution in [-0.4, -0.2) is 77.9 Å². The molecule has 1 aromatic rings. The van der Waals surface area contributed by atoms with Gasteiger partial charge in [-0.05, 0) is 106 Å². The van der Waals surface area contributed by atoms with Crippen molar-refractivity contribution in [2.75, 3.05) is 33.2 Å². The van der Waals surface area contributed by atoms with E-state index in [2.05, 4.69) is 24.1 Å². The van der Waals surface area contributed by atoms with Crippen molar-refractivity contribution in [3.8, 4) is 0 Å². The molecule has 238 valence electrons. The summed E-state index contributed by atoms with van der Waals surface area (Å²) in [6.07, 6.45) is 10.7. The van der Waals surface area contributed by atoms with E-state index < -0.39 is 22.7 Å². The molecule has 2 heterocycles. The van der Waals surface area contributed by atoms with E-state index in [1.165, 1.54) is 32.1 Å². The van der Waals surface area contributed by atoms with Crippen LogP contribution in [0.3, 0.4) is 0 Å². The summed E-state index contributed by atoms with van der Waals surface area (Å²) < 4.78 is 11.2. The van der Waals surface area contributed by atoms with Gasteiger partial charge in [0.25, 0.3) is 0 Å². The third-order valence-corrected chi connectivity index (χ3v) is 13.0. The Morgan fingerprint density at radius 2 is 1.88 bits per heavy atom. The van der Waals surface area contributed by atoms with Gasteiger partial charge < -0.3 is 29.4 Å². The summed E-state index contributed by atoms with van der Waals surface area (Å²) in [6.45, 7) is 9.92. The number of likely N-dealkylation sites (tertiary alicyclic amines) is 1. The number of hydrogen-bond donors (Lipinski definition) is 2. The molecule has 5 aliphatic rings. The van der Waals surface area contributed by atoms with E-state index in [1.807, 2.05) is 11.9 Å². The third kappa shape index (κ3) is 5.22.